The minimum Gasteiger partial charge on any atom is -0.478 e. The van der Waals surface area contributed by atoms with Gasteiger partial charge in [0.05, 0.1) is 23.1 Å². The normalized spacial score (nSPS) is 9.95. The minimum atomic E-state index is -1.07. The molecule has 0 unspecified atom stereocenters. The van der Waals surface area contributed by atoms with Crippen LogP contribution in [0.1, 0.15) is 26.5 Å². The van der Waals surface area contributed by atoms with Crippen molar-refractivity contribution in [1.82, 2.24) is 9.97 Å². The fourth-order valence-corrected chi connectivity index (χ4v) is 1.55. The van der Waals surface area contributed by atoms with Crippen LogP contribution in [0.5, 0.6) is 0 Å². The van der Waals surface area contributed by atoms with E-state index in [0.717, 1.165) is 0 Å². The van der Waals surface area contributed by atoms with Gasteiger partial charge in [0.15, 0.2) is 0 Å². The summed E-state index contributed by atoms with van der Waals surface area (Å²) in [4.78, 5) is 30.6. The van der Waals surface area contributed by atoms with Gasteiger partial charge < -0.3 is 10.4 Å². The van der Waals surface area contributed by atoms with Gasteiger partial charge in [-0.15, -0.1) is 0 Å². The van der Waals surface area contributed by atoms with E-state index in [4.69, 9.17) is 5.11 Å². The maximum atomic E-state index is 11.9. The van der Waals surface area contributed by atoms with Crippen molar-refractivity contribution in [3.8, 4) is 0 Å². The molecule has 0 spiro atoms. The molecule has 2 N–H and O–H groups in total. The second-order valence-electron chi connectivity index (χ2n) is 3.83. The van der Waals surface area contributed by atoms with Crippen LogP contribution in [0.3, 0.4) is 0 Å². The molecule has 96 valence electrons. The number of aryl methyl sites for hydroxylation is 1. The summed E-state index contributed by atoms with van der Waals surface area (Å²) in [5.74, 6) is -1.47. The highest BCUT2D eigenvalue weighted by atomic mass is 16.4. The Morgan fingerprint density at radius 3 is 2.63 bits per heavy atom. The van der Waals surface area contributed by atoms with Crippen LogP contribution in [-0.2, 0) is 0 Å². The molecule has 0 aliphatic rings. The van der Waals surface area contributed by atoms with Crippen LogP contribution in [0.4, 0.5) is 5.69 Å². The molecule has 19 heavy (non-hydrogen) atoms. The highest BCUT2D eigenvalue weighted by Crippen LogP contribution is 2.09. The van der Waals surface area contributed by atoms with Gasteiger partial charge in [0.25, 0.3) is 5.91 Å². The number of carboxylic acid groups (broad SMARTS) is 1. The molecule has 2 aromatic rings. The molecule has 2 aromatic heterocycles. The van der Waals surface area contributed by atoms with Crippen molar-refractivity contribution in [3.63, 3.8) is 0 Å². The fourth-order valence-electron chi connectivity index (χ4n) is 1.55. The molecular weight excluding hydrogens is 246 g/mol. The van der Waals surface area contributed by atoms with Crippen molar-refractivity contribution in [2.24, 2.45) is 0 Å². The van der Waals surface area contributed by atoms with E-state index in [1.807, 2.05) is 0 Å². The number of hydrogen-bond donors (Lipinski definition) is 2. The number of nitrogens with one attached hydrogen (secondary N) is 1. The lowest BCUT2D eigenvalue weighted by Crippen LogP contribution is -2.15. The molecule has 0 aliphatic carbocycles. The van der Waals surface area contributed by atoms with Gasteiger partial charge in [-0.2, -0.15) is 0 Å². The first-order valence-corrected chi connectivity index (χ1v) is 5.50. The molecule has 0 fully saturated rings. The third-order valence-corrected chi connectivity index (χ3v) is 2.47. The number of pyridine rings is 2. The molecule has 1 amide bonds. The van der Waals surface area contributed by atoms with Crippen LogP contribution in [-0.4, -0.2) is 27.0 Å². The molecule has 6 heteroatoms. The zero-order chi connectivity index (χ0) is 13.8. The standard InChI is InChI=1S/C13H11N3O3/c1-8-10(13(18)19)4-5-11(15-8)12(17)16-9-3-2-6-14-7-9/h2-7H,1H3,(H,16,17)(H,18,19). The van der Waals surface area contributed by atoms with Gasteiger partial charge in [0.2, 0.25) is 0 Å². The third-order valence-electron chi connectivity index (χ3n) is 2.47. The first-order valence-electron chi connectivity index (χ1n) is 5.50. The van der Waals surface area contributed by atoms with Gasteiger partial charge in [-0.05, 0) is 31.2 Å². The number of anilines is 1. The van der Waals surface area contributed by atoms with E-state index in [1.165, 1.54) is 18.3 Å². The summed E-state index contributed by atoms with van der Waals surface area (Å²) in [5.41, 5.74) is 1.09. The molecule has 0 aromatic carbocycles. The zero-order valence-electron chi connectivity index (χ0n) is 10.1. The Bertz CT molecular complexity index is 626. The Kier molecular flexibility index (Phi) is 3.51. The van der Waals surface area contributed by atoms with E-state index >= 15 is 0 Å². The van der Waals surface area contributed by atoms with E-state index in [0.29, 0.717) is 11.4 Å². The number of amides is 1. The highest BCUT2D eigenvalue weighted by molar-refractivity contribution is 6.03. The molecule has 0 atom stereocenters. The summed E-state index contributed by atoms with van der Waals surface area (Å²) in [7, 11) is 0. The summed E-state index contributed by atoms with van der Waals surface area (Å²) in [5, 5.41) is 11.5. The molecular formula is C13H11N3O3. The lowest BCUT2D eigenvalue weighted by molar-refractivity contribution is 0.0695. The van der Waals surface area contributed by atoms with E-state index in [1.54, 1.807) is 25.3 Å². The number of rotatable bonds is 3. The molecule has 0 bridgehead atoms. The molecule has 0 aliphatic heterocycles. The quantitative estimate of drug-likeness (QED) is 0.873. The number of carbonyl (C=O) groups is 2. The first-order chi connectivity index (χ1) is 9.08. The predicted molar refractivity (Wildman–Crippen MR) is 68.1 cm³/mol. The average Bonchev–Trinajstić information content (AvgIpc) is 2.39. The summed E-state index contributed by atoms with van der Waals surface area (Å²) in [6.45, 7) is 1.55. The van der Waals surface area contributed by atoms with Gasteiger partial charge in [-0.1, -0.05) is 0 Å². The van der Waals surface area contributed by atoms with Crippen LogP contribution in [0, 0.1) is 6.92 Å². The van der Waals surface area contributed by atoms with Crippen molar-refractivity contribution in [2.45, 2.75) is 6.92 Å². The maximum Gasteiger partial charge on any atom is 0.337 e. The van der Waals surface area contributed by atoms with Crippen LogP contribution < -0.4 is 5.32 Å². The zero-order valence-corrected chi connectivity index (χ0v) is 10.1. The molecule has 6 nitrogen and oxygen atoms in total. The van der Waals surface area contributed by atoms with Crippen molar-refractivity contribution < 1.29 is 14.7 Å². The third kappa shape index (κ3) is 2.92. The Labute approximate surface area is 109 Å². The second-order valence-corrected chi connectivity index (χ2v) is 3.83. The van der Waals surface area contributed by atoms with Gasteiger partial charge in [0, 0.05) is 6.20 Å². The summed E-state index contributed by atoms with van der Waals surface area (Å²) in [6.07, 6.45) is 3.11. The van der Waals surface area contributed by atoms with E-state index in [2.05, 4.69) is 15.3 Å². The molecule has 0 radical (unpaired) electrons. The maximum absolute atomic E-state index is 11.9. The average molecular weight is 257 g/mol. The van der Waals surface area contributed by atoms with Crippen molar-refractivity contribution in [3.05, 3.63) is 53.6 Å². The SMILES string of the molecule is Cc1nc(C(=O)Nc2cccnc2)ccc1C(=O)O. The largest absolute Gasteiger partial charge is 0.478 e. The predicted octanol–water partition coefficient (Wildman–Crippen LogP) is 1.74. The van der Waals surface area contributed by atoms with Crippen LogP contribution in [0.25, 0.3) is 0 Å². The number of aromatic nitrogens is 2. The minimum absolute atomic E-state index is 0.0814. The van der Waals surface area contributed by atoms with Crippen molar-refractivity contribution in [2.75, 3.05) is 5.32 Å². The highest BCUT2D eigenvalue weighted by Gasteiger charge is 2.13. The Hall–Kier alpha value is -2.76. The van der Waals surface area contributed by atoms with E-state index < -0.39 is 11.9 Å². The topological polar surface area (TPSA) is 92.2 Å². The van der Waals surface area contributed by atoms with Crippen molar-refractivity contribution in [1.29, 1.82) is 0 Å². The number of aromatic carboxylic acids is 1. The van der Waals surface area contributed by atoms with Gasteiger partial charge in [0.1, 0.15) is 5.69 Å². The number of carboxylic acids is 1. The van der Waals surface area contributed by atoms with Gasteiger partial charge in [-0.25, -0.2) is 9.78 Å². The van der Waals surface area contributed by atoms with Gasteiger partial charge in [-0.3, -0.25) is 9.78 Å². The number of hydrogen-bond acceptors (Lipinski definition) is 4. The Balaban J connectivity index is 2.21. The summed E-state index contributed by atoms with van der Waals surface area (Å²) < 4.78 is 0. The Morgan fingerprint density at radius 2 is 2.05 bits per heavy atom. The molecule has 2 rings (SSSR count). The lowest BCUT2D eigenvalue weighted by Gasteiger charge is -2.06. The van der Waals surface area contributed by atoms with Crippen LogP contribution in [0.2, 0.25) is 0 Å². The van der Waals surface area contributed by atoms with Crippen LogP contribution >= 0.6 is 0 Å². The summed E-state index contributed by atoms with van der Waals surface area (Å²) >= 11 is 0. The molecule has 0 saturated heterocycles. The van der Waals surface area contributed by atoms with Gasteiger partial charge >= 0.3 is 5.97 Å². The smallest absolute Gasteiger partial charge is 0.337 e. The van der Waals surface area contributed by atoms with E-state index in [-0.39, 0.29) is 11.3 Å². The summed E-state index contributed by atoms with van der Waals surface area (Å²) in [6, 6.07) is 6.14. The van der Waals surface area contributed by atoms with Crippen LogP contribution in [0.15, 0.2) is 36.7 Å². The van der Waals surface area contributed by atoms with E-state index in [9.17, 15) is 9.59 Å². The first kappa shape index (κ1) is 12.7. The lowest BCUT2D eigenvalue weighted by atomic mass is 10.2. The Morgan fingerprint density at radius 1 is 1.26 bits per heavy atom. The molecule has 2 heterocycles. The number of nitrogens with zero attached hydrogens (tertiary/aromatic N) is 2. The van der Waals surface area contributed by atoms with Crippen molar-refractivity contribution >= 4 is 17.6 Å². The second kappa shape index (κ2) is 5.26. The monoisotopic (exact) mass is 257 g/mol. The molecule has 0 saturated carbocycles. The number of carbonyl (C=O) groups excluding carboxylic acids is 1. The fraction of sp³-hybridized carbons (Fsp3) is 0.0769.